The summed E-state index contributed by atoms with van der Waals surface area (Å²) in [5.41, 5.74) is 0. The van der Waals surface area contributed by atoms with Gasteiger partial charge in [0.2, 0.25) is 0 Å². The predicted octanol–water partition coefficient (Wildman–Crippen LogP) is 6.30. The quantitative estimate of drug-likeness (QED) is 0.400. The molecule has 1 saturated carbocycles. The number of unbranched alkanes of at least 4 members (excludes halogenated alkanes) is 3. The van der Waals surface area contributed by atoms with Crippen LogP contribution < -0.4 is 0 Å². The highest BCUT2D eigenvalue weighted by atomic mass is 14.4. The largest absolute Gasteiger partial charge is 0.0651 e. The van der Waals surface area contributed by atoms with E-state index in [0.717, 1.165) is 29.6 Å². The second-order valence-corrected chi connectivity index (χ2v) is 7.19. The van der Waals surface area contributed by atoms with E-state index in [1.165, 1.54) is 51.4 Å². The molecule has 0 nitrogen and oxygen atoms in total. The van der Waals surface area contributed by atoms with E-state index < -0.39 is 0 Å². The van der Waals surface area contributed by atoms with Gasteiger partial charge in [0.25, 0.3) is 0 Å². The first-order chi connectivity index (χ1) is 8.56. The summed E-state index contributed by atoms with van der Waals surface area (Å²) in [6.45, 7) is 12.1. The molecular formula is C18H36. The third-order valence-corrected chi connectivity index (χ3v) is 5.70. The molecule has 5 unspecified atom stereocenters. The Morgan fingerprint density at radius 2 is 1.56 bits per heavy atom. The fraction of sp³-hybridized carbons (Fsp3) is 1.00. The summed E-state index contributed by atoms with van der Waals surface area (Å²) in [6.07, 6.45) is 11.7. The summed E-state index contributed by atoms with van der Waals surface area (Å²) >= 11 is 0. The molecule has 1 aliphatic rings. The van der Waals surface area contributed by atoms with Gasteiger partial charge in [0.1, 0.15) is 0 Å². The zero-order valence-corrected chi connectivity index (χ0v) is 13.5. The highest BCUT2D eigenvalue weighted by Gasteiger charge is 2.31. The van der Waals surface area contributed by atoms with Crippen molar-refractivity contribution in [2.45, 2.75) is 86.0 Å². The molecule has 1 fully saturated rings. The van der Waals surface area contributed by atoms with Gasteiger partial charge in [0, 0.05) is 0 Å². The normalized spacial score (nSPS) is 27.8. The average molecular weight is 252 g/mol. The zero-order chi connectivity index (χ0) is 13.5. The van der Waals surface area contributed by atoms with Gasteiger partial charge < -0.3 is 0 Å². The Morgan fingerprint density at radius 3 is 2.11 bits per heavy atom. The van der Waals surface area contributed by atoms with Crippen LogP contribution >= 0.6 is 0 Å². The van der Waals surface area contributed by atoms with Gasteiger partial charge in [-0.1, -0.05) is 79.6 Å². The Labute approximate surface area is 116 Å². The molecule has 0 amide bonds. The van der Waals surface area contributed by atoms with Crippen LogP contribution in [-0.2, 0) is 0 Å². The maximum absolute atomic E-state index is 2.46. The summed E-state index contributed by atoms with van der Waals surface area (Å²) in [6, 6.07) is 0. The standard InChI is InChI=1S/C18H36/c1-6-14(2)17(5)15(3)11-9-7-8-10-12-18-13-16(18)4/h14-18H,6-13H2,1-5H3. The van der Waals surface area contributed by atoms with E-state index in [0.29, 0.717) is 0 Å². The van der Waals surface area contributed by atoms with Crippen LogP contribution in [0.15, 0.2) is 0 Å². The van der Waals surface area contributed by atoms with Crippen molar-refractivity contribution in [3.63, 3.8) is 0 Å². The summed E-state index contributed by atoms with van der Waals surface area (Å²) in [4.78, 5) is 0. The summed E-state index contributed by atoms with van der Waals surface area (Å²) in [5.74, 6) is 4.89. The number of rotatable bonds is 10. The summed E-state index contributed by atoms with van der Waals surface area (Å²) in [7, 11) is 0. The van der Waals surface area contributed by atoms with Crippen LogP contribution in [0.3, 0.4) is 0 Å². The van der Waals surface area contributed by atoms with E-state index in [1.54, 1.807) is 0 Å². The molecule has 0 heterocycles. The molecule has 0 aromatic carbocycles. The van der Waals surface area contributed by atoms with Crippen molar-refractivity contribution in [3.8, 4) is 0 Å². The van der Waals surface area contributed by atoms with Gasteiger partial charge in [0.05, 0.1) is 0 Å². The van der Waals surface area contributed by atoms with Crippen molar-refractivity contribution in [2.75, 3.05) is 0 Å². The van der Waals surface area contributed by atoms with Gasteiger partial charge in [-0.05, 0) is 36.0 Å². The van der Waals surface area contributed by atoms with E-state index in [1.807, 2.05) is 0 Å². The Balaban J connectivity index is 1.93. The molecule has 0 aromatic rings. The zero-order valence-electron chi connectivity index (χ0n) is 13.5. The van der Waals surface area contributed by atoms with Gasteiger partial charge in [-0.3, -0.25) is 0 Å². The highest BCUT2D eigenvalue weighted by molar-refractivity contribution is 4.81. The van der Waals surface area contributed by atoms with E-state index in [-0.39, 0.29) is 0 Å². The fourth-order valence-corrected chi connectivity index (χ4v) is 3.22. The first kappa shape index (κ1) is 16.1. The minimum absolute atomic E-state index is 0.899. The van der Waals surface area contributed by atoms with Gasteiger partial charge >= 0.3 is 0 Å². The smallest absolute Gasteiger partial charge is 0.0386 e. The lowest BCUT2D eigenvalue weighted by Crippen LogP contribution is -2.15. The Kier molecular flexibility index (Phi) is 7.34. The maximum Gasteiger partial charge on any atom is -0.0386 e. The first-order valence-corrected chi connectivity index (χ1v) is 8.56. The molecule has 0 aliphatic heterocycles. The first-order valence-electron chi connectivity index (χ1n) is 8.56. The molecule has 0 spiro atoms. The van der Waals surface area contributed by atoms with Crippen LogP contribution in [0.1, 0.15) is 86.0 Å². The van der Waals surface area contributed by atoms with Gasteiger partial charge in [0.15, 0.2) is 0 Å². The van der Waals surface area contributed by atoms with Crippen LogP contribution in [0.2, 0.25) is 0 Å². The van der Waals surface area contributed by atoms with Gasteiger partial charge in [-0.2, -0.15) is 0 Å². The molecule has 1 aliphatic carbocycles. The minimum atomic E-state index is 0.899. The Morgan fingerprint density at radius 1 is 0.944 bits per heavy atom. The molecule has 0 N–H and O–H groups in total. The molecule has 108 valence electrons. The van der Waals surface area contributed by atoms with Gasteiger partial charge in [-0.25, -0.2) is 0 Å². The Hall–Kier alpha value is 0. The molecule has 5 atom stereocenters. The topological polar surface area (TPSA) is 0 Å². The van der Waals surface area contributed by atoms with Gasteiger partial charge in [-0.15, -0.1) is 0 Å². The molecule has 0 heteroatoms. The Bertz CT molecular complexity index is 208. The van der Waals surface area contributed by atoms with Crippen LogP contribution in [-0.4, -0.2) is 0 Å². The third kappa shape index (κ3) is 5.76. The van der Waals surface area contributed by atoms with Crippen LogP contribution in [0, 0.1) is 29.6 Å². The molecule has 0 saturated heterocycles. The number of hydrogen-bond donors (Lipinski definition) is 0. The minimum Gasteiger partial charge on any atom is -0.0651 e. The molecule has 0 bridgehead atoms. The van der Waals surface area contributed by atoms with E-state index in [9.17, 15) is 0 Å². The maximum atomic E-state index is 2.46. The molecule has 0 aromatic heterocycles. The molecule has 1 rings (SSSR count). The van der Waals surface area contributed by atoms with E-state index >= 15 is 0 Å². The van der Waals surface area contributed by atoms with E-state index in [4.69, 9.17) is 0 Å². The lowest BCUT2D eigenvalue weighted by atomic mass is 9.81. The van der Waals surface area contributed by atoms with Crippen molar-refractivity contribution in [1.29, 1.82) is 0 Å². The van der Waals surface area contributed by atoms with Crippen molar-refractivity contribution in [2.24, 2.45) is 29.6 Å². The number of hydrogen-bond acceptors (Lipinski definition) is 0. The van der Waals surface area contributed by atoms with Crippen molar-refractivity contribution < 1.29 is 0 Å². The summed E-state index contributed by atoms with van der Waals surface area (Å²) in [5, 5.41) is 0. The average Bonchev–Trinajstić information content (AvgIpc) is 3.07. The lowest BCUT2D eigenvalue weighted by molar-refractivity contribution is 0.254. The molecule has 0 radical (unpaired) electrons. The fourth-order valence-electron chi connectivity index (χ4n) is 3.22. The second-order valence-electron chi connectivity index (χ2n) is 7.19. The second kappa shape index (κ2) is 8.23. The van der Waals surface area contributed by atoms with Crippen LogP contribution in [0.4, 0.5) is 0 Å². The van der Waals surface area contributed by atoms with Crippen molar-refractivity contribution >= 4 is 0 Å². The lowest BCUT2D eigenvalue weighted by Gasteiger charge is -2.25. The van der Waals surface area contributed by atoms with Crippen LogP contribution in [0.5, 0.6) is 0 Å². The van der Waals surface area contributed by atoms with E-state index in [2.05, 4.69) is 34.6 Å². The summed E-state index contributed by atoms with van der Waals surface area (Å²) < 4.78 is 0. The SMILES string of the molecule is CCC(C)C(C)C(C)CCCCCCC1CC1C. The van der Waals surface area contributed by atoms with Crippen molar-refractivity contribution in [3.05, 3.63) is 0 Å². The predicted molar refractivity (Wildman–Crippen MR) is 82.8 cm³/mol. The van der Waals surface area contributed by atoms with Crippen LogP contribution in [0.25, 0.3) is 0 Å². The van der Waals surface area contributed by atoms with Crippen molar-refractivity contribution in [1.82, 2.24) is 0 Å². The molecular weight excluding hydrogens is 216 g/mol. The molecule has 18 heavy (non-hydrogen) atoms. The monoisotopic (exact) mass is 252 g/mol. The highest BCUT2D eigenvalue weighted by Crippen LogP contribution is 2.41. The third-order valence-electron chi connectivity index (χ3n) is 5.70.